The van der Waals surface area contributed by atoms with E-state index in [1.807, 2.05) is 0 Å². The summed E-state index contributed by atoms with van der Waals surface area (Å²) in [5.41, 5.74) is 0.898. The number of aromatic nitrogens is 1. The molecule has 100 valence electrons. The van der Waals surface area contributed by atoms with Crippen LogP contribution in [-0.4, -0.2) is 24.1 Å². The Bertz CT molecular complexity index is 413. The van der Waals surface area contributed by atoms with Gasteiger partial charge in [-0.25, -0.2) is 9.78 Å². The Morgan fingerprint density at radius 2 is 2.33 bits per heavy atom. The fraction of sp³-hybridized carbons (Fsp3) is 0.692. The van der Waals surface area contributed by atoms with E-state index >= 15 is 0 Å². The summed E-state index contributed by atoms with van der Waals surface area (Å²) in [4.78, 5) is 15.7. The molecule has 0 aromatic carbocycles. The van der Waals surface area contributed by atoms with Gasteiger partial charge in [0.2, 0.25) is 0 Å². The molecule has 0 atom stereocenters. The number of hydrogen-bond acceptors (Lipinski definition) is 5. The lowest BCUT2D eigenvalue weighted by Crippen LogP contribution is -2.15. The van der Waals surface area contributed by atoms with Crippen LogP contribution in [0.2, 0.25) is 0 Å². The summed E-state index contributed by atoms with van der Waals surface area (Å²) in [5, 5.41) is 5.92. The lowest BCUT2D eigenvalue weighted by molar-refractivity contribution is 0.0520. The molecular weight excluding hydrogens is 248 g/mol. The van der Waals surface area contributed by atoms with Crippen LogP contribution in [0.4, 0.5) is 5.13 Å². The van der Waals surface area contributed by atoms with Crippen molar-refractivity contribution in [1.82, 2.24) is 4.98 Å². The summed E-state index contributed by atoms with van der Waals surface area (Å²) in [6, 6.07) is 0. The normalized spacial score (nSPS) is 16.3. The van der Waals surface area contributed by atoms with Gasteiger partial charge in [-0.05, 0) is 31.6 Å². The van der Waals surface area contributed by atoms with Gasteiger partial charge in [-0.2, -0.15) is 0 Å². The second-order valence-corrected chi connectivity index (χ2v) is 5.72. The zero-order valence-corrected chi connectivity index (χ0v) is 11.8. The topological polar surface area (TPSA) is 51.2 Å². The van der Waals surface area contributed by atoms with Crippen LogP contribution < -0.4 is 5.32 Å². The molecule has 5 heteroatoms. The average Bonchev–Trinajstić information content (AvgIpc) is 2.95. The third-order valence-electron chi connectivity index (χ3n) is 3.34. The second kappa shape index (κ2) is 5.69. The highest BCUT2D eigenvalue weighted by Gasteiger charge is 2.41. The number of carbonyl (C=O) groups is 1. The Hall–Kier alpha value is -1.10. The number of esters is 1. The summed E-state index contributed by atoms with van der Waals surface area (Å²) in [6.45, 7) is 5.38. The van der Waals surface area contributed by atoms with Gasteiger partial charge in [0.25, 0.3) is 0 Å². The van der Waals surface area contributed by atoms with Gasteiger partial charge in [-0.1, -0.05) is 13.3 Å². The largest absolute Gasteiger partial charge is 0.461 e. The molecule has 1 aromatic heterocycles. The Labute approximate surface area is 112 Å². The molecule has 1 heterocycles. The Balaban J connectivity index is 1.85. The van der Waals surface area contributed by atoms with Crippen molar-refractivity contribution in [3.05, 3.63) is 11.1 Å². The van der Waals surface area contributed by atoms with Gasteiger partial charge >= 0.3 is 5.97 Å². The van der Waals surface area contributed by atoms with Gasteiger partial charge in [0.1, 0.15) is 0 Å². The van der Waals surface area contributed by atoms with E-state index in [1.54, 1.807) is 12.3 Å². The third-order valence-corrected chi connectivity index (χ3v) is 4.14. The minimum atomic E-state index is -0.337. The average molecular weight is 268 g/mol. The molecule has 18 heavy (non-hydrogen) atoms. The highest BCUT2D eigenvalue weighted by molar-refractivity contribution is 7.13. The van der Waals surface area contributed by atoms with Gasteiger partial charge < -0.3 is 10.1 Å². The summed E-state index contributed by atoms with van der Waals surface area (Å²) >= 11 is 1.47. The monoisotopic (exact) mass is 268 g/mol. The zero-order chi connectivity index (χ0) is 13.0. The van der Waals surface area contributed by atoms with Crippen molar-refractivity contribution in [2.75, 3.05) is 18.5 Å². The van der Waals surface area contributed by atoms with Crippen molar-refractivity contribution >= 4 is 22.4 Å². The van der Waals surface area contributed by atoms with Gasteiger partial charge in [-0.15, -0.1) is 11.3 Å². The molecule has 1 aliphatic rings. The number of nitrogens with zero attached hydrogens (tertiary/aromatic N) is 1. The number of rotatable bonds is 7. The molecule has 1 aliphatic carbocycles. The van der Waals surface area contributed by atoms with E-state index in [0.29, 0.717) is 17.7 Å². The van der Waals surface area contributed by atoms with E-state index in [-0.39, 0.29) is 5.97 Å². The summed E-state index contributed by atoms with van der Waals surface area (Å²) < 4.78 is 4.92. The Morgan fingerprint density at radius 3 is 2.94 bits per heavy atom. The minimum Gasteiger partial charge on any atom is -0.461 e. The molecule has 1 N–H and O–H groups in total. The summed E-state index contributed by atoms with van der Waals surface area (Å²) in [7, 11) is 0. The molecule has 1 aromatic rings. The van der Waals surface area contributed by atoms with E-state index in [2.05, 4.69) is 17.2 Å². The van der Waals surface area contributed by atoms with Crippen LogP contribution in [0.15, 0.2) is 5.38 Å². The summed E-state index contributed by atoms with van der Waals surface area (Å²) in [6.07, 6.45) is 5.12. The number of ether oxygens (including phenoxy) is 1. The first-order chi connectivity index (χ1) is 8.69. The van der Waals surface area contributed by atoms with Crippen molar-refractivity contribution in [2.45, 2.75) is 39.5 Å². The highest BCUT2D eigenvalue weighted by Crippen LogP contribution is 2.49. The van der Waals surface area contributed by atoms with E-state index in [9.17, 15) is 4.79 Å². The minimum absolute atomic E-state index is 0.337. The number of hydrogen-bond donors (Lipinski definition) is 1. The fourth-order valence-corrected chi connectivity index (χ4v) is 2.82. The van der Waals surface area contributed by atoms with Crippen LogP contribution in [0.3, 0.4) is 0 Å². The molecule has 2 rings (SSSR count). The lowest BCUT2D eigenvalue weighted by Gasteiger charge is -2.13. The number of nitrogens with one attached hydrogen (secondary N) is 1. The van der Waals surface area contributed by atoms with E-state index in [0.717, 1.165) is 11.7 Å². The number of anilines is 1. The van der Waals surface area contributed by atoms with Crippen LogP contribution >= 0.6 is 11.3 Å². The second-order valence-electron chi connectivity index (χ2n) is 4.86. The van der Waals surface area contributed by atoms with Crippen LogP contribution in [0, 0.1) is 5.41 Å². The molecular formula is C13H20N2O2S. The molecule has 4 nitrogen and oxygen atoms in total. The standard InChI is InChI=1S/C13H20N2O2S/c1-3-5-13(6-7-13)9-14-12-15-10(8-18-12)11(16)17-4-2/h8H,3-7,9H2,1-2H3,(H,14,15). The molecule has 0 bridgehead atoms. The van der Waals surface area contributed by atoms with Crippen molar-refractivity contribution in [1.29, 1.82) is 0 Å². The lowest BCUT2D eigenvalue weighted by atomic mass is 10.0. The highest BCUT2D eigenvalue weighted by atomic mass is 32.1. The molecule has 1 saturated carbocycles. The predicted octanol–water partition coefficient (Wildman–Crippen LogP) is 3.31. The Kier molecular flexibility index (Phi) is 4.22. The first-order valence-electron chi connectivity index (χ1n) is 6.55. The van der Waals surface area contributed by atoms with Crippen LogP contribution in [-0.2, 0) is 4.74 Å². The van der Waals surface area contributed by atoms with E-state index < -0.39 is 0 Å². The molecule has 0 saturated heterocycles. The molecule has 0 amide bonds. The van der Waals surface area contributed by atoms with Gasteiger partial charge in [0.05, 0.1) is 6.61 Å². The SMILES string of the molecule is CCCC1(CNc2nc(C(=O)OCC)cs2)CC1. The van der Waals surface area contributed by atoms with Gasteiger partial charge in [0.15, 0.2) is 10.8 Å². The molecule has 0 unspecified atom stereocenters. The summed E-state index contributed by atoms with van der Waals surface area (Å²) in [5.74, 6) is -0.337. The van der Waals surface area contributed by atoms with Crippen LogP contribution in [0.25, 0.3) is 0 Å². The first-order valence-corrected chi connectivity index (χ1v) is 7.43. The van der Waals surface area contributed by atoms with Crippen LogP contribution in [0.1, 0.15) is 50.0 Å². The van der Waals surface area contributed by atoms with E-state index in [1.165, 1.54) is 37.0 Å². The molecule has 0 aliphatic heterocycles. The smallest absolute Gasteiger partial charge is 0.357 e. The fourth-order valence-electron chi connectivity index (χ4n) is 2.14. The Morgan fingerprint density at radius 1 is 1.56 bits per heavy atom. The van der Waals surface area contributed by atoms with E-state index in [4.69, 9.17) is 4.74 Å². The maximum Gasteiger partial charge on any atom is 0.357 e. The maximum absolute atomic E-state index is 11.5. The molecule has 0 spiro atoms. The first kappa shape index (κ1) is 13.3. The van der Waals surface area contributed by atoms with Crippen molar-refractivity contribution < 1.29 is 9.53 Å². The number of thiazole rings is 1. The quantitative estimate of drug-likeness (QED) is 0.771. The van der Waals surface area contributed by atoms with Crippen molar-refractivity contribution in [3.8, 4) is 0 Å². The van der Waals surface area contributed by atoms with Crippen molar-refractivity contribution in [3.63, 3.8) is 0 Å². The predicted molar refractivity (Wildman–Crippen MR) is 73.1 cm³/mol. The molecule has 1 fully saturated rings. The maximum atomic E-state index is 11.5. The molecule has 0 radical (unpaired) electrons. The van der Waals surface area contributed by atoms with Gasteiger partial charge in [0, 0.05) is 11.9 Å². The number of carbonyl (C=O) groups excluding carboxylic acids is 1. The van der Waals surface area contributed by atoms with Crippen molar-refractivity contribution in [2.24, 2.45) is 5.41 Å². The van der Waals surface area contributed by atoms with Gasteiger partial charge in [-0.3, -0.25) is 0 Å². The van der Waals surface area contributed by atoms with Crippen LogP contribution in [0.5, 0.6) is 0 Å². The zero-order valence-electron chi connectivity index (χ0n) is 11.0. The third kappa shape index (κ3) is 3.22.